The average molecular weight is 252 g/mol. The number of benzene rings is 1. The van der Waals surface area contributed by atoms with Crippen LogP contribution in [0, 0.1) is 5.82 Å². The smallest absolute Gasteiger partial charge is 0.123 e. The Bertz CT molecular complexity index is 349. The van der Waals surface area contributed by atoms with Gasteiger partial charge in [-0.1, -0.05) is 12.1 Å². The van der Waals surface area contributed by atoms with Gasteiger partial charge in [-0.15, -0.1) is 0 Å². The summed E-state index contributed by atoms with van der Waals surface area (Å²) in [4.78, 5) is 0. The van der Waals surface area contributed by atoms with Crippen molar-refractivity contribution in [1.29, 1.82) is 0 Å². The SMILES string of the molecule is CC(CC1COCCN1)NCc1ccc(F)cc1. The van der Waals surface area contributed by atoms with Gasteiger partial charge in [-0.05, 0) is 31.0 Å². The van der Waals surface area contributed by atoms with E-state index in [1.807, 2.05) is 12.1 Å². The third kappa shape index (κ3) is 4.37. The summed E-state index contributed by atoms with van der Waals surface area (Å²) >= 11 is 0. The second-order valence-corrected chi connectivity index (χ2v) is 4.87. The minimum atomic E-state index is -0.185. The minimum Gasteiger partial charge on any atom is -0.379 e. The molecular formula is C14H21FN2O. The fourth-order valence-corrected chi connectivity index (χ4v) is 2.18. The van der Waals surface area contributed by atoms with E-state index < -0.39 is 0 Å². The Hall–Kier alpha value is -0.970. The van der Waals surface area contributed by atoms with Crippen LogP contribution in [0.2, 0.25) is 0 Å². The molecule has 2 unspecified atom stereocenters. The van der Waals surface area contributed by atoms with Crippen LogP contribution in [0.3, 0.4) is 0 Å². The first-order chi connectivity index (χ1) is 8.74. The first-order valence-electron chi connectivity index (χ1n) is 6.53. The van der Waals surface area contributed by atoms with Gasteiger partial charge in [0.25, 0.3) is 0 Å². The number of ether oxygens (including phenoxy) is 1. The quantitative estimate of drug-likeness (QED) is 0.836. The van der Waals surface area contributed by atoms with E-state index >= 15 is 0 Å². The van der Waals surface area contributed by atoms with Gasteiger partial charge in [0.2, 0.25) is 0 Å². The summed E-state index contributed by atoms with van der Waals surface area (Å²) in [5, 5.41) is 6.89. The van der Waals surface area contributed by atoms with Crippen molar-refractivity contribution in [2.45, 2.75) is 32.0 Å². The Morgan fingerprint density at radius 1 is 1.44 bits per heavy atom. The molecule has 1 aromatic carbocycles. The lowest BCUT2D eigenvalue weighted by atomic mass is 10.1. The first-order valence-corrected chi connectivity index (χ1v) is 6.53. The van der Waals surface area contributed by atoms with E-state index in [9.17, 15) is 4.39 Å². The van der Waals surface area contributed by atoms with Crippen molar-refractivity contribution in [2.24, 2.45) is 0 Å². The lowest BCUT2D eigenvalue weighted by molar-refractivity contribution is 0.0712. The molecular weight excluding hydrogens is 231 g/mol. The molecule has 2 rings (SSSR count). The molecule has 18 heavy (non-hydrogen) atoms. The van der Waals surface area contributed by atoms with E-state index in [0.29, 0.717) is 12.1 Å². The van der Waals surface area contributed by atoms with Crippen molar-refractivity contribution in [1.82, 2.24) is 10.6 Å². The van der Waals surface area contributed by atoms with Gasteiger partial charge in [-0.25, -0.2) is 4.39 Å². The molecule has 4 heteroatoms. The average Bonchev–Trinajstić information content (AvgIpc) is 2.39. The van der Waals surface area contributed by atoms with Crippen LogP contribution in [0.5, 0.6) is 0 Å². The highest BCUT2D eigenvalue weighted by molar-refractivity contribution is 5.15. The molecule has 100 valence electrons. The largest absolute Gasteiger partial charge is 0.379 e. The first kappa shape index (κ1) is 13.5. The van der Waals surface area contributed by atoms with Crippen molar-refractivity contribution in [3.05, 3.63) is 35.6 Å². The van der Waals surface area contributed by atoms with Gasteiger partial charge in [-0.3, -0.25) is 0 Å². The number of morpholine rings is 1. The van der Waals surface area contributed by atoms with Gasteiger partial charge in [-0.2, -0.15) is 0 Å². The second kappa shape index (κ2) is 6.83. The Kier molecular flexibility index (Phi) is 5.11. The Morgan fingerprint density at radius 3 is 2.89 bits per heavy atom. The van der Waals surface area contributed by atoms with E-state index in [1.165, 1.54) is 12.1 Å². The molecule has 1 saturated heterocycles. The predicted molar refractivity (Wildman–Crippen MR) is 69.9 cm³/mol. The van der Waals surface area contributed by atoms with Crippen LogP contribution < -0.4 is 10.6 Å². The van der Waals surface area contributed by atoms with Crippen LogP contribution in [0.25, 0.3) is 0 Å². The minimum absolute atomic E-state index is 0.185. The molecule has 1 aliphatic heterocycles. The highest BCUT2D eigenvalue weighted by Gasteiger charge is 2.15. The van der Waals surface area contributed by atoms with Crippen molar-refractivity contribution >= 4 is 0 Å². The maximum atomic E-state index is 12.8. The van der Waals surface area contributed by atoms with Crippen LogP contribution in [0.1, 0.15) is 18.9 Å². The van der Waals surface area contributed by atoms with E-state index in [0.717, 1.165) is 38.3 Å². The predicted octanol–water partition coefficient (Wildman–Crippen LogP) is 1.68. The summed E-state index contributed by atoms with van der Waals surface area (Å²) in [5.41, 5.74) is 1.11. The molecule has 0 radical (unpaired) electrons. The molecule has 2 atom stereocenters. The number of halogens is 1. The Balaban J connectivity index is 1.70. The van der Waals surface area contributed by atoms with Crippen LogP contribution >= 0.6 is 0 Å². The van der Waals surface area contributed by atoms with E-state index in [2.05, 4.69) is 17.6 Å². The van der Waals surface area contributed by atoms with E-state index in [4.69, 9.17) is 4.74 Å². The number of hydrogen-bond donors (Lipinski definition) is 2. The van der Waals surface area contributed by atoms with Crippen molar-refractivity contribution in [3.8, 4) is 0 Å². The number of nitrogens with one attached hydrogen (secondary N) is 2. The van der Waals surface area contributed by atoms with Gasteiger partial charge in [0.05, 0.1) is 13.2 Å². The molecule has 1 aliphatic rings. The van der Waals surface area contributed by atoms with Gasteiger partial charge in [0, 0.05) is 25.2 Å². The highest BCUT2D eigenvalue weighted by Crippen LogP contribution is 2.05. The lowest BCUT2D eigenvalue weighted by Crippen LogP contribution is -2.44. The van der Waals surface area contributed by atoms with Crippen molar-refractivity contribution in [3.63, 3.8) is 0 Å². The Morgan fingerprint density at radius 2 is 2.22 bits per heavy atom. The van der Waals surface area contributed by atoms with Gasteiger partial charge < -0.3 is 15.4 Å². The second-order valence-electron chi connectivity index (χ2n) is 4.87. The van der Waals surface area contributed by atoms with Gasteiger partial charge in [0.1, 0.15) is 5.82 Å². The number of rotatable bonds is 5. The van der Waals surface area contributed by atoms with Gasteiger partial charge >= 0.3 is 0 Å². The molecule has 1 heterocycles. The molecule has 0 aliphatic carbocycles. The fraction of sp³-hybridized carbons (Fsp3) is 0.571. The topological polar surface area (TPSA) is 33.3 Å². The normalized spacial score (nSPS) is 21.8. The monoisotopic (exact) mass is 252 g/mol. The summed E-state index contributed by atoms with van der Waals surface area (Å²) in [6.07, 6.45) is 1.04. The van der Waals surface area contributed by atoms with Crippen LogP contribution in [0.15, 0.2) is 24.3 Å². The summed E-state index contributed by atoms with van der Waals surface area (Å²) in [7, 11) is 0. The summed E-state index contributed by atoms with van der Waals surface area (Å²) in [6, 6.07) is 7.48. The number of hydrogen-bond acceptors (Lipinski definition) is 3. The van der Waals surface area contributed by atoms with E-state index in [-0.39, 0.29) is 5.82 Å². The van der Waals surface area contributed by atoms with Crippen molar-refractivity contribution in [2.75, 3.05) is 19.8 Å². The lowest BCUT2D eigenvalue weighted by Gasteiger charge is -2.26. The molecule has 0 amide bonds. The van der Waals surface area contributed by atoms with Crippen molar-refractivity contribution < 1.29 is 9.13 Å². The molecule has 1 fully saturated rings. The molecule has 0 saturated carbocycles. The maximum Gasteiger partial charge on any atom is 0.123 e. The standard InChI is InChI=1S/C14H21FN2O/c1-11(8-14-10-18-7-6-16-14)17-9-12-2-4-13(15)5-3-12/h2-5,11,14,16-17H,6-10H2,1H3. The molecule has 0 bridgehead atoms. The Labute approximate surface area is 108 Å². The third-order valence-electron chi connectivity index (χ3n) is 3.20. The molecule has 1 aromatic rings. The summed E-state index contributed by atoms with van der Waals surface area (Å²) in [6.45, 7) is 5.49. The third-order valence-corrected chi connectivity index (χ3v) is 3.20. The molecule has 0 aromatic heterocycles. The van der Waals surface area contributed by atoms with E-state index in [1.54, 1.807) is 0 Å². The maximum absolute atomic E-state index is 12.8. The van der Waals surface area contributed by atoms with Crippen LogP contribution in [-0.2, 0) is 11.3 Å². The molecule has 0 spiro atoms. The van der Waals surface area contributed by atoms with Crippen LogP contribution in [-0.4, -0.2) is 31.8 Å². The van der Waals surface area contributed by atoms with Gasteiger partial charge in [0.15, 0.2) is 0 Å². The summed E-state index contributed by atoms with van der Waals surface area (Å²) < 4.78 is 18.2. The van der Waals surface area contributed by atoms with Crippen LogP contribution in [0.4, 0.5) is 4.39 Å². The molecule has 3 nitrogen and oxygen atoms in total. The zero-order valence-electron chi connectivity index (χ0n) is 10.8. The summed E-state index contributed by atoms with van der Waals surface area (Å²) in [5.74, 6) is -0.185. The zero-order chi connectivity index (χ0) is 12.8. The molecule has 2 N–H and O–H groups in total. The highest BCUT2D eigenvalue weighted by atomic mass is 19.1. The fourth-order valence-electron chi connectivity index (χ4n) is 2.18. The zero-order valence-corrected chi connectivity index (χ0v) is 10.8.